The van der Waals surface area contributed by atoms with E-state index in [0.29, 0.717) is 11.5 Å². The van der Waals surface area contributed by atoms with Crippen molar-refractivity contribution in [2.75, 3.05) is 25.7 Å². The van der Waals surface area contributed by atoms with Crippen LogP contribution in [0.2, 0.25) is 0 Å². The van der Waals surface area contributed by atoms with Crippen molar-refractivity contribution in [3.8, 4) is 22.8 Å². The van der Waals surface area contributed by atoms with Gasteiger partial charge in [0.25, 0.3) is 0 Å². The number of rotatable bonds is 8. The molecule has 0 saturated heterocycles. The Morgan fingerprint density at radius 1 is 1.00 bits per heavy atom. The molecule has 170 valence electrons. The van der Waals surface area contributed by atoms with Crippen LogP contribution in [0.5, 0.6) is 11.5 Å². The highest BCUT2D eigenvalue weighted by Crippen LogP contribution is 2.34. The van der Waals surface area contributed by atoms with E-state index >= 15 is 0 Å². The zero-order valence-electron chi connectivity index (χ0n) is 19.4. The predicted octanol–water partition coefficient (Wildman–Crippen LogP) is 4.41. The molecule has 2 aromatic carbocycles. The van der Waals surface area contributed by atoms with E-state index in [1.165, 1.54) is 0 Å². The summed E-state index contributed by atoms with van der Waals surface area (Å²) in [6.45, 7) is 4.01. The number of nitrogens with zero attached hydrogens (tertiary/aromatic N) is 5. The van der Waals surface area contributed by atoms with Crippen molar-refractivity contribution in [1.82, 2.24) is 19.7 Å². The summed E-state index contributed by atoms with van der Waals surface area (Å²) in [4.78, 5) is 24.1. The van der Waals surface area contributed by atoms with Gasteiger partial charge in [-0.2, -0.15) is 5.10 Å². The summed E-state index contributed by atoms with van der Waals surface area (Å²) in [5.74, 6) is 1.31. The molecule has 0 amide bonds. The van der Waals surface area contributed by atoms with E-state index < -0.39 is 0 Å². The van der Waals surface area contributed by atoms with Gasteiger partial charge < -0.3 is 14.4 Å². The number of fused-ring (bicyclic) bond motifs is 1. The van der Waals surface area contributed by atoms with Gasteiger partial charge in [-0.15, -0.1) is 0 Å². The first-order valence-corrected chi connectivity index (χ1v) is 10.7. The second kappa shape index (κ2) is 9.28. The second-order valence-electron chi connectivity index (χ2n) is 8.11. The highest BCUT2D eigenvalue weighted by Gasteiger charge is 2.19. The Labute approximate surface area is 192 Å². The average molecular weight is 446 g/mol. The Hall–Kier alpha value is -3.94. The van der Waals surface area contributed by atoms with Crippen LogP contribution < -0.4 is 14.4 Å². The summed E-state index contributed by atoms with van der Waals surface area (Å²) < 4.78 is 12.6. The number of benzene rings is 2. The molecule has 0 saturated carbocycles. The lowest BCUT2D eigenvalue weighted by Gasteiger charge is -2.26. The van der Waals surface area contributed by atoms with Crippen LogP contribution >= 0.6 is 0 Å². The number of carbonyl (C=O) groups is 1. The smallest absolute Gasteiger partial charge is 0.155 e. The molecule has 0 aliphatic heterocycles. The molecule has 4 rings (SSSR count). The zero-order valence-corrected chi connectivity index (χ0v) is 19.4. The summed E-state index contributed by atoms with van der Waals surface area (Å²) in [7, 11) is 5.07. The quantitative estimate of drug-likeness (QED) is 0.397. The van der Waals surface area contributed by atoms with Gasteiger partial charge in [-0.05, 0) is 18.2 Å². The molecule has 0 bridgehead atoms. The Morgan fingerprint density at radius 2 is 1.73 bits per heavy atom. The van der Waals surface area contributed by atoms with Gasteiger partial charge >= 0.3 is 0 Å². The lowest BCUT2D eigenvalue weighted by Crippen LogP contribution is -2.28. The van der Waals surface area contributed by atoms with Gasteiger partial charge in [-0.1, -0.05) is 13.8 Å². The van der Waals surface area contributed by atoms with E-state index in [-0.39, 0.29) is 18.2 Å². The van der Waals surface area contributed by atoms with Crippen LogP contribution in [0.25, 0.3) is 22.3 Å². The van der Waals surface area contributed by atoms with Crippen molar-refractivity contribution >= 4 is 28.2 Å². The van der Waals surface area contributed by atoms with Crippen LogP contribution in [0.15, 0.2) is 55.0 Å². The minimum absolute atomic E-state index is 0.0996. The van der Waals surface area contributed by atoms with Crippen LogP contribution in [0, 0.1) is 5.92 Å². The van der Waals surface area contributed by atoms with Gasteiger partial charge in [0, 0.05) is 54.3 Å². The van der Waals surface area contributed by atoms with Gasteiger partial charge in [-0.25, -0.2) is 4.98 Å². The summed E-state index contributed by atoms with van der Waals surface area (Å²) in [5, 5.41) is 4.22. The molecule has 2 aromatic heterocycles. The van der Waals surface area contributed by atoms with Crippen LogP contribution in [0.1, 0.15) is 13.8 Å². The van der Waals surface area contributed by atoms with Crippen molar-refractivity contribution in [2.45, 2.75) is 13.8 Å². The Kier molecular flexibility index (Phi) is 6.26. The third kappa shape index (κ3) is 4.79. The van der Waals surface area contributed by atoms with Crippen LogP contribution in [-0.4, -0.2) is 46.3 Å². The Bertz CT molecular complexity index is 1280. The molecule has 2 heterocycles. The van der Waals surface area contributed by atoms with Gasteiger partial charge in [0.2, 0.25) is 0 Å². The first kappa shape index (κ1) is 22.3. The first-order chi connectivity index (χ1) is 15.9. The monoisotopic (exact) mass is 445 g/mol. The molecule has 8 heteroatoms. The van der Waals surface area contributed by atoms with Crippen molar-refractivity contribution in [2.24, 2.45) is 13.0 Å². The Balaban J connectivity index is 1.82. The van der Waals surface area contributed by atoms with E-state index in [2.05, 4.69) is 10.1 Å². The highest BCUT2D eigenvalue weighted by atomic mass is 16.5. The van der Waals surface area contributed by atoms with Crippen molar-refractivity contribution in [1.29, 1.82) is 0 Å². The summed E-state index contributed by atoms with van der Waals surface area (Å²) >= 11 is 0. The molecule has 0 spiro atoms. The standard InChI is InChI=1S/C25H27N5O3/c1-16(2)25(31)15-30(19-8-20(32-4)11-21(9-19)33-5)18-6-7-22-23(10-18)28-24(13-26-22)17-12-27-29(3)14-17/h6-14,16H,15H2,1-5H3. The molecule has 0 aliphatic rings. The molecule has 8 nitrogen and oxygen atoms in total. The lowest BCUT2D eigenvalue weighted by atomic mass is 10.1. The third-order valence-corrected chi connectivity index (χ3v) is 5.44. The maximum absolute atomic E-state index is 12.8. The topological polar surface area (TPSA) is 82.4 Å². The lowest BCUT2D eigenvalue weighted by molar-refractivity contribution is -0.120. The van der Waals surface area contributed by atoms with Gasteiger partial charge in [0.05, 0.1) is 49.9 Å². The summed E-state index contributed by atoms with van der Waals surface area (Å²) in [6.07, 6.45) is 5.40. The third-order valence-electron chi connectivity index (χ3n) is 5.44. The van der Waals surface area contributed by atoms with Gasteiger partial charge in [0.1, 0.15) is 11.5 Å². The molecule has 0 radical (unpaired) electrons. The first-order valence-electron chi connectivity index (χ1n) is 10.7. The number of ketones is 1. The molecule has 4 aromatic rings. The van der Waals surface area contributed by atoms with Crippen molar-refractivity contribution in [3.63, 3.8) is 0 Å². The maximum Gasteiger partial charge on any atom is 0.155 e. The fourth-order valence-corrected chi connectivity index (χ4v) is 3.48. The minimum atomic E-state index is -0.0996. The number of carbonyl (C=O) groups excluding carboxylic acids is 1. The van der Waals surface area contributed by atoms with Crippen molar-refractivity contribution in [3.05, 3.63) is 55.0 Å². The van der Waals surface area contributed by atoms with Gasteiger partial charge in [-0.3, -0.25) is 14.5 Å². The van der Waals surface area contributed by atoms with E-state index in [4.69, 9.17) is 14.5 Å². The fraction of sp³-hybridized carbons (Fsp3) is 0.280. The number of aromatic nitrogens is 4. The Morgan fingerprint density at radius 3 is 2.33 bits per heavy atom. The molecular weight excluding hydrogens is 418 g/mol. The van der Waals surface area contributed by atoms with Crippen LogP contribution in [0.4, 0.5) is 11.4 Å². The fourth-order valence-electron chi connectivity index (χ4n) is 3.48. The van der Waals surface area contributed by atoms with E-state index in [9.17, 15) is 4.79 Å². The highest BCUT2D eigenvalue weighted by molar-refractivity contribution is 5.90. The number of methoxy groups -OCH3 is 2. The minimum Gasteiger partial charge on any atom is -0.497 e. The molecule has 0 N–H and O–H groups in total. The maximum atomic E-state index is 12.8. The number of hydrogen-bond donors (Lipinski definition) is 0. The van der Waals surface area contributed by atoms with Crippen LogP contribution in [0.3, 0.4) is 0 Å². The number of hydrogen-bond acceptors (Lipinski definition) is 7. The molecule has 0 fully saturated rings. The molecule has 0 atom stereocenters. The molecule has 33 heavy (non-hydrogen) atoms. The van der Waals surface area contributed by atoms with E-state index in [1.54, 1.807) is 37.4 Å². The molecule has 0 aliphatic carbocycles. The molecular formula is C25H27N5O3. The summed E-state index contributed by atoms with van der Waals surface area (Å²) in [5.41, 5.74) is 4.73. The number of ether oxygens (including phenoxy) is 2. The molecule has 0 unspecified atom stereocenters. The van der Waals surface area contributed by atoms with E-state index in [1.807, 2.05) is 62.3 Å². The summed E-state index contributed by atoms with van der Waals surface area (Å²) in [6, 6.07) is 11.4. The normalized spacial score (nSPS) is 11.1. The largest absolute Gasteiger partial charge is 0.497 e. The number of Topliss-reactive ketones (excluding diaryl/α,β-unsaturated/α-hetero) is 1. The average Bonchev–Trinajstić information content (AvgIpc) is 3.27. The van der Waals surface area contributed by atoms with E-state index in [0.717, 1.165) is 33.7 Å². The second-order valence-corrected chi connectivity index (χ2v) is 8.11. The SMILES string of the molecule is COc1cc(OC)cc(N(CC(=O)C(C)C)c2ccc3ncc(-c4cnn(C)c4)nc3c2)c1. The van der Waals surface area contributed by atoms with Crippen molar-refractivity contribution < 1.29 is 14.3 Å². The number of anilines is 2. The van der Waals surface area contributed by atoms with Crippen LogP contribution in [-0.2, 0) is 11.8 Å². The zero-order chi connectivity index (χ0) is 23.5. The number of aryl methyl sites for hydroxylation is 1. The van der Waals surface area contributed by atoms with Gasteiger partial charge in [0.15, 0.2) is 5.78 Å². The predicted molar refractivity (Wildman–Crippen MR) is 128 cm³/mol.